The summed E-state index contributed by atoms with van der Waals surface area (Å²) >= 11 is 0. The van der Waals surface area contributed by atoms with Gasteiger partial charge in [0.05, 0.1) is 23.9 Å². The number of benzene rings is 2. The first-order valence-electron chi connectivity index (χ1n) is 6.69. The maximum absolute atomic E-state index is 13.9. The van der Waals surface area contributed by atoms with E-state index in [2.05, 4.69) is 6.07 Å². The van der Waals surface area contributed by atoms with Crippen molar-refractivity contribution in [1.29, 1.82) is 5.26 Å². The molecule has 2 rings (SSSR count). The summed E-state index contributed by atoms with van der Waals surface area (Å²) in [6, 6.07) is 13.7. The van der Waals surface area contributed by atoms with Gasteiger partial charge in [-0.25, -0.2) is 4.39 Å². The Hall–Kier alpha value is -2.38. The van der Waals surface area contributed by atoms with E-state index in [4.69, 9.17) is 5.11 Å². The first-order valence-corrected chi connectivity index (χ1v) is 6.69. The van der Waals surface area contributed by atoms with Gasteiger partial charge in [-0.05, 0) is 30.7 Å². The second-order valence-electron chi connectivity index (χ2n) is 4.93. The van der Waals surface area contributed by atoms with Crippen molar-refractivity contribution in [3.63, 3.8) is 0 Å². The van der Waals surface area contributed by atoms with Crippen LogP contribution < -0.4 is 4.90 Å². The molecule has 0 aliphatic rings. The van der Waals surface area contributed by atoms with Crippen LogP contribution >= 0.6 is 0 Å². The van der Waals surface area contributed by atoms with E-state index in [9.17, 15) is 9.65 Å². The molecule has 108 valence electrons. The lowest BCUT2D eigenvalue weighted by Crippen LogP contribution is -2.23. The summed E-state index contributed by atoms with van der Waals surface area (Å²) in [4.78, 5) is 1.86. The number of nitriles is 1. The van der Waals surface area contributed by atoms with Gasteiger partial charge in [0, 0.05) is 12.6 Å². The summed E-state index contributed by atoms with van der Waals surface area (Å²) in [5, 5.41) is 18.4. The average molecular weight is 284 g/mol. The van der Waals surface area contributed by atoms with Crippen LogP contribution in [0.15, 0.2) is 42.5 Å². The molecule has 2 aromatic rings. The molecule has 0 aliphatic heterocycles. The Morgan fingerprint density at radius 1 is 1.29 bits per heavy atom. The minimum Gasteiger partial charge on any atom is -0.392 e. The molecule has 1 atom stereocenters. The Morgan fingerprint density at radius 2 is 2.00 bits per heavy atom. The largest absolute Gasteiger partial charge is 0.392 e. The number of aliphatic hydroxyl groups is 1. The van der Waals surface area contributed by atoms with Crippen LogP contribution in [-0.2, 0) is 6.61 Å². The molecule has 1 unspecified atom stereocenters. The molecule has 0 fully saturated rings. The maximum Gasteiger partial charge on any atom is 0.128 e. The molecular formula is C17H17FN2O. The van der Waals surface area contributed by atoms with Crippen molar-refractivity contribution in [2.45, 2.75) is 19.6 Å². The summed E-state index contributed by atoms with van der Waals surface area (Å²) in [6.45, 7) is 1.78. The second-order valence-corrected chi connectivity index (χ2v) is 4.93. The van der Waals surface area contributed by atoms with E-state index in [1.165, 1.54) is 6.07 Å². The molecule has 0 heterocycles. The molecule has 0 aliphatic carbocycles. The monoisotopic (exact) mass is 284 g/mol. The van der Waals surface area contributed by atoms with Gasteiger partial charge in [0.15, 0.2) is 0 Å². The first kappa shape index (κ1) is 15.0. The molecular weight excluding hydrogens is 267 g/mol. The van der Waals surface area contributed by atoms with E-state index >= 15 is 0 Å². The Labute approximate surface area is 123 Å². The third kappa shape index (κ3) is 3.04. The van der Waals surface area contributed by atoms with E-state index in [0.717, 1.165) is 0 Å². The number of halogens is 1. The lowest BCUT2D eigenvalue weighted by Gasteiger charge is -2.28. The van der Waals surface area contributed by atoms with Crippen LogP contribution in [0, 0.1) is 17.1 Å². The van der Waals surface area contributed by atoms with Crippen molar-refractivity contribution in [3.8, 4) is 6.07 Å². The molecule has 3 nitrogen and oxygen atoms in total. The maximum atomic E-state index is 13.9. The van der Waals surface area contributed by atoms with Gasteiger partial charge < -0.3 is 10.0 Å². The predicted octanol–water partition coefficient (Wildman–Crippen LogP) is 3.39. The summed E-state index contributed by atoms with van der Waals surface area (Å²) < 4.78 is 13.9. The van der Waals surface area contributed by atoms with E-state index in [1.807, 2.05) is 18.9 Å². The lowest BCUT2D eigenvalue weighted by atomic mass is 10.0. The van der Waals surface area contributed by atoms with Gasteiger partial charge >= 0.3 is 0 Å². The third-order valence-electron chi connectivity index (χ3n) is 3.68. The van der Waals surface area contributed by atoms with Gasteiger partial charge in [-0.2, -0.15) is 5.26 Å². The zero-order valence-electron chi connectivity index (χ0n) is 12.0. The molecule has 2 aromatic carbocycles. The number of hydrogen-bond donors (Lipinski definition) is 1. The number of aliphatic hydroxyl groups excluding tert-OH is 1. The summed E-state index contributed by atoms with van der Waals surface area (Å²) in [7, 11) is 1.83. The summed E-state index contributed by atoms with van der Waals surface area (Å²) in [5.41, 5.74) is 2.44. The van der Waals surface area contributed by atoms with E-state index in [-0.39, 0.29) is 18.5 Å². The molecule has 0 aromatic heterocycles. The van der Waals surface area contributed by atoms with Gasteiger partial charge in [-0.1, -0.05) is 24.3 Å². The lowest BCUT2D eigenvalue weighted by molar-refractivity contribution is 0.282. The third-order valence-corrected chi connectivity index (χ3v) is 3.68. The summed E-state index contributed by atoms with van der Waals surface area (Å²) in [5.74, 6) is -0.262. The van der Waals surface area contributed by atoms with E-state index in [1.54, 1.807) is 36.4 Å². The number of nitrogens with zero attached hydrogens (tertiary/aromatic N) is 2. The van der Waals surface area contributed by atoms with Crippen LogP contribution in [0.4, 0.5) is 10.1 Å². The molecule has 1 N–H and O–H groups in total. The van der Waals surface area contributed by atoms with Crippen molar-refractivity contribution >= 4 is 5.69 Å². The van der Waals surface area contributed by atoms with Gasteiger partial charge in [0.2, 0.25) is 0 Å². The Balaban J connectivity index is 2.38. The van der Waals surface area contributed by atoms with Gasteiger partial charge in [0.1, 0.15) is 11.9 Å². The Morgan fingerprint density at radius 3 is 2.62 bits per heavy atom. The summed E-state index contributed by atoms with van der Waals surface area (Å²) in [6.07, 6.45) is 0. The van der Waals surface area contributed by atoms with Gasteiger partial charge in [-0.15, -0.1) is 0 Å². The smallest absolute Gasteiger partial charge is 0.128 e. The van der Waals surface area contributed by atoms with Crippen LogP contribution in [0.5, 0.6) is 0 Å². The van der Waals surface area contributed by atoms with Crippen molar-refractivity contribution in [2.75, 3.05) is 11.9 Å². The fourth-order valence-electron chi connectivity index (χ4n) is 2.31. The minimum atomic E-state index is -0.262. The number of rotatable bonds is 4. The van der Waals surface area contributed by atoms with Crippen LogP contribution in [0.1, 0.15) is 29.7 Å². The van der Waals surface area contributed by atoms with Crippen molar-refractivity contribution in [2.24, 2.45) is 0 Å². The quantitative estimate of drug-likeness (QED) is 0.936. The van der Waals surface area contributed by atoms with Gasteiger partial charge in [-0.3, -0.25) is 0 Å². The zero-order chi connectivity index (χ0) is 15.4. The van der Waals surface area contributed by atoms with Crippen molar-refractivity contribution in [3.05, 3.63) is 65.0 Å². The van der Waals surface area contributed by atoms with Crippen LogP contribution in [0.3, 0.4) is 0 Å². The van der Waals surface area contributed by atoms with E-state index < -0.39 is 0 Å². The predicted molar refractivity (Wildman–Crippen MR) is 80.3 cm³/mol. The fourth-order valence-corrected chi connectivity index (χ4v) is 2.31. The molecule has 0 radical (unpaired) electrons. The molecule has 4 heteroatoms. The average Bonchev–Trinajstić information content (AvgIpc) is 2.53. The van der Waals surface area contributed by atoms with Gasteiger partial charge in [0.25, 0.3) is 0 Å². The number of anilines is 1. The molecule has 0 bridgehead atoms. The molecule has 0 saturated heterocycles. The Bertz CT molecular complexity index is 679. The fraction of sp³-hybridized carbons (Fsp3) is 0.235. The second kappa shape index (κ2) is 6.38. The molecule has 0 spiro atoms. The first-order chi connectivity index (χ1) is 10.1. The standard InChI is InChI=1S/C17H17FN2O/c1-12(15-5-3-4-6-16(15)18)20(2)17-8-7-13(11-21)9-14(17)10-19/h3-9,12,21H,11H2,1-2H3. The van der Waals surface area contributed by atoms with Crippen molar-refractivity contribution in [1.82, 2.24) is 0 Å². The zero-order valence-corrected chi connectivity index (χ0v) is 12.0. The highest BCUT2D eigenvalue weighted by Crippen LogP contribution is 2.29. The molecule has 21 heavy (non-hydrogen) atoms. The van der Waals surface area contributed by atoms with Crippen molar-refractivity contribution < 1.29 is 9.50 Å². The topological polar surface area (TPSA) is 47.3 Å². The highest BCUT2D eigenvalue weighted by atomic mass is 19.1. The normalized spacial score (nSPS) is 11.8. The number of hydrogen-bond acceptors (Lipinski definition) is 3. The van der Waals surface area contributed by atoms with Crippen LogP contribution in [-0.4, -0.2) is 12.2 Å². The minimum absolute atomic E-state index is 0.110. The molecule has 0 saturated carbocycles. The molecule has 0 amide bonds. The highest BCUT2D eigenvalue weighted by molar-refractivity contribution is 5.61. The highest BCUT2D eigenvalue weighted by Gasteiger charge is 2.18. The van der Waals surface area contributed by atoms with Crippen LogP contribution in [0.25, 0.3) is 0 Å². The SMILES string of the molecule is CC(c1ccccc1F)N(C)c1ccc(CO)cc1C#N. The van der Waals surface area contributed by atoms with E-state index in [0.29, 0.717) is 22.4 Å². The Kier molecular flexibility index (Phi) is 4.56. The van der Waals surface area contributed by atoms with Crippen LogP contribution in [0.2, 0.25) is 0 Å².